The molecule has 0 bridgehead atoms. The molecule has 0 radical (unpaired) electrons. The second-order valence-corrected chi connectivity index (χ2v) is 6.36. The molecule has 24 heavy (non-hydrogen) atoms. The van der Waals surface area contributed by atoms with Gasteiger partial charge in [0, 0.05) is 23.1 Å². The predicted molar refractivity (Wildman–Crippen MR) is 96.6 cm³/mol. The molecule has 1 amide bonds. The van der Waals surface area contributed by atoms with E-state index < -0.39 is 5.60 Å². The van der Waals surface area contributed by atoms with Crippen LogP contribution in [0.2, 0.25) is 0 Å². The number of amides is 1. The fourth-order valence-corrected chi connectivity index (χ4v) is 3.48. The molecular weight excluding hydrogens is 302 g/mol. The number of carbonyl (C=O) groups is 1. The van der Waals surface area contributed by atoms with E-state index in [1.165, 1.54) is 0 Å². The SMILES string of the molecule is CCCOC1(C(=O)Nc2ccc(OC)c3ccccc23)CCCC1. The van der Waals surface area contributed by atoms with Crippen molar-refractivity contribution >= 4 is 22.4 Å². The van der Waals surface area contributed by atoms with Crippen LogP contribution in [0.15, 0.2) is 36.4 Å². The molecule has 1 aliphatic carbocycles. The van der Waals surface area contributed by atoms with Crippen LogP contribution in [-0.4, -0.2) is 25.2 Å². The summed E-state index contributed by atoms with van der Waals surface area (Å²) in [5, 5.41) is 5.08. The lowest BCUT2D eigenvalue weighted by Crippen LogP contribution is -2.43. The first-order valence-corrected chi connectivity index (χ1v) is 8.71. The molecule has 1 aliphatic rings. The highest BCUT2D eigenvalue weighted by Crippen LogP contribution is 2.36. The summed E-state index contributed by atoms with van der Waals surface area (Å²) < 4.78 is 11.4. The maximum atomic E-state index is 13.0. The number of benzene rings is 2. The minimum absolute atomic E-state index is 0.0243. The number of ether oxygens (including phenoxy) is 2. The van der Waals surface area contributed by atoms with Gasteiger partial charge in [0.15, 0.2) is 0 Å². The lowest BCUT2D eigenvalue weighted by molar-refractivity contribution is -0.140. The molecule has 4 heteroatoms. The smallest absolute Gasteiger partial charge is 0.256 e. The standard InChI is InChI=1S/C20H25NO3/c1-3-14-24-20(12-6-7-13-20)19(22)21-17-10-11-18(23-2)16-9-5-4-8-15(16)17/h4-5,8-11H,3,6-7,12-14H2,1-2H3,(H,21,22). The summed E-state index contributed by atoms with van der Waals surface area (Å²) >= 11 is 0. The van der Waals surface area contributed by atoms with E-state index in [-0.39, 0.29) is 5.91 Å². The van der Waals surface area contributed by atoms with Gasteiger partial charge in [0.25, 0.3) is 5.91 Å². The molecule has 0 aliphatic heterocycles. The predicted octanol–water partition coefficient (Wildman–Crippen LogP) is 4.53. The van der Waals surface area contributed by atoms with Crippen LogP contribution in [0, 0.1) is 0 Å². The zero-order valence-corrected chi connectivity index (χ0v) is 14.4. The number of rotatable bonds is 6. The van der Waals surface area contributed by atoms with E-state index in [1.807, 2.05) is 36.4 Å². The van der Waals surface area contributed by atoms with Gasteiger partial charge in [0.05, 0.1) is 7.11 Å². The zero-order valence-electron chi connectivity index (χ0n) is 14.4. The Morgan fingerprint density at radius 3 is 2.50 bits per heavy atom. The minimum atomic E-state index is -0.670. The molecule has 0 atom stereocenters. The summed E-state index contributed by atoms with van der Waals surface area (Å²) in [6.07, 6.45) is 4.60. The minimum Gasteiger partial charge on any atom is -0.496 e. The van der Waals surface area contributed by atoms with Crippen molar-refractivity contribution in [1.29, 1.82) is 0 Å². The lowest BCUT2D eigenvalue weighted by atomic mass is 10.00. The first-order chi connectivity index (χ1) is 11.7. The monoisotopic (exact) mass is 327 g/mol. The van der Waals surface area contributed by atoms with Gasteiger partial charge in [-0.1, -0.05) is 31.2 Å². The van der Waals surface area contributed by atoms with Crippen molar-refractivity contribution in [2.24, 2.45) is 0 Å². The van der Waals surface area contributed by atoms with Gasteiger partial charge in [-0.25, -0.2) is 0 Å². The third-order valence-corrected chi connectivity index (χ3v) is 4.76. The quantitative estimate of drug-likeness (QED) is 0.848. The van der Waals surface area contributed by atoms with Gasteiger partial charge in [-0.2, -0.15) is 0 Å². The second-order valence-electron chi connectivity index (χ2n) is 6.36. The summed E-state index contributed by atoms with van der Waals surface area (Å²) in [5.74, 6) is 0.783. The summed E-state index contributed by atoms with van der Waals surface area (Å²) in [6, 6.07) is 11.7. The van der Waals surface area contributed by atoms with Crippen molar-refractivity contribution in [3.8, 4) is 5.75 Å². The normalized spacial score (nSPS) is 16.2. The molecule has 1 fully saturated rings. The van der Waals surface area contributed by atoms with E-state index in [0.29, 0.717) is 6.61 Å². The van der Waals surface area contributed by atoms with Crippen molar-refractivity contribution in [3.63, 3.8) is 0 Å². The number of methoxy groups -OCH3 is 1. The van der Waals surface area contributed by atoms with E-state index in [2.05, 4.69) is 12.2 Å². The number of hydrogen-bond donors (Lipinski definition) is 1. The first-order valence-electron chi connectivity index (χ1n) is 8.71. The maximum Gasteiger partial charge on any atom is 0.256 e. The fourth-order valence-electron chi connectivity index (χ4n) is 3.48. The number of carbonyl (C=O) groups excluding carboxylic acids is 1. The van der Waals surface area contributed by atoms with E-state index in [9.17, 15) is 4.79 Å². The Bertz CT molecular complexity index is 720. The van der Waals surface area contributed by atoms with Crippen molar-refractivity contribution in [2.75, 3.05) is 19.0 Å². The molecule has 4 nitrogen and oxygen atoms in total. The van der Waals surface area contributed by atoms with Crippen LogP contribution in [0.1, 0.15) is 39.0 Å². The highest BCUT2D eigenvalue weighted by molar-refractivity contribution is 6.06. The summed E-state index contributed by atoms with van der Waals surface area (Å²) in [7, 11) is 1.66. The van der Waals surface area contributed by atoms with Gasteiger partial charge in [0.2, 0.25) is 0 Å². The molecule has 2 aromatic rings. The molecule has 1 saturated carbocycles. The Labute approximate surface area is 143 Å². The first kappa shape index (κ1) is 16.8. The molecular formula is C20H25NO3. The number of hydrogen-bond acceptors (Lipinski definition) is 3. The van der Waals surface area contributed by atoms with Crippen molar-refractivity contribution in [1.82, 2.24) is 0 Å². The second kappa shape index (κ2) is 7.22. The Kier molecular flexibility index (Phi) is 5.05. The molecule has 0 saturated heterocycles. The van der Waals surface area contributed by atoms with E-state index >= 15 is 0 Å². The molecule has 0 unspecified atom stereocenters. The van der Waals surface area contributed by atoms with Crippen LogP contribution in [0.3, 0.4) is 0 Å². The Morgan fingerprint density at radius 1 is 1.12 bits per heavy atom. The van der Waals surface area contributed by atoms with E-state index in [1.54, 1.807) is 7.11 Å². The van der Waals surface area contributed by atoms with Gasteiger partial charge in [-0.05, 0) is 44.2 Å². The average Bonchev–Trinajstić information content (AvgIpc) is 3.10. The van der Waals surface area contributed by atoms with Gasteiger partial charge >= 0.3 is 0 Å². The Morgan fingerprint density at radius 2 is 1.83 bits per heavy atom. The molecule has 0 spiro atoms. The van der Waals surface area contributed by atoms with Gasteiger partial charge in [0.1, 0.15) is 11.4 Å². The largest absolute Gasteiger partial charge is 0.496 e. The fraction of sp³-hybridized carbons (Fsp3) is 0.450. The number of anilines is 1. The van der Waals surface area contributed by atoms with Crippen molar-refractivity contribution in [3.05, 3.63) is 36.4 Å². The Hall–Kier alpha value is -2.07. The molecule has 0 aromatic heterocycles. The summed E-state index contributed by atoms with van der Waals surface area (Å²) in [6.45, 7) is 2.69. The summed E-state index contributed by atoms with van der Waals surface area (Å²) in [5.41, 5.74) is 0.139. The van der Waals surface area contributed by atoms with E-state index in [0.717, 1.165) is 54.3 Å². The highest BCUT2D eigenvalue weighted by atomic mass is 16.5. The summed E-state index contributed by atoms with van der Waals surface area (Å²) in [4.78, 5) is 13.0. The maximum absolute atomic E-state index is 13.0. The topological polar surface area (TPSA) is 47.6 Å². The van der Waals surface area contributed by atoms with Crippen LogP contribution in [-0.2, 0) is 9.53 Å². The lowest BCUT2D eigenvalue weighted by Gasteiger charge is -2.28. The van der Waals surface area contributed by atoms with Crippen LogP contribution < -0.4 is 10.1 Å². The van der Waals surface area contributed by atoms with Crippen molar-refractivity contribution in [2.45, 2.75) is 44.6 Å². The highest BCUT2D eigenvalue weighted by Gasteiger charge is 2.42. The average molecular weight is 327 g/mol. The molecule has 3 rings (SSSR count). The van der Waals surface area contributed by atoms with Crippen LogP contribution in [0.25, 0.3) is 10.8 Å². The van der Waals surface area contributed by atoms with Crippen LogP contribution in [0.5, 0.6) is 5.75 Å². The van der Waals surface area contributed by atoms with Gasteiger partial charge in [-0.3, -0.25) is 4.79 Å². The zero-order chi connectivity index (χ0) is 17.0. The molecule has 2 aromatic carbocycles. The third kappa shape index (κ3) is 3.11. The van der Waals surface area contributed by atoms with Crippen LogP contribution >= 0.6 is 0 Å². The molecule has 1 N–H and O–H groups in total. The molecule has 128 valence electrons. The Balaban J connectivity index is 1.90. The van der Waals surface area contributed by atoms with Gasteiger partial charge < -0.3 is 14.8 Å². The molecule has 0 heterocycles. The number of nitrogens with one attached hydrogen (secondary N) is 1. The van der Waals surface area contributed by atoms with Crippen LogP contribution in [0.4, 0.5) is 5.69 Å². The number of fused-ring (bicyclic) bond motifs is 1. The van der Waals surface area contributed by atoms with Crippen molar-refractivity contribution < 1.29 is 14.3 Å². The third-order valence-electron chi connectivity index (χ3n) is 4.76. The van der Waals surface area contributed by atoms with Gasteiger partial charge in [-0.15, -0.1) is 0 Å². The van der Waals surface area contributed by atoms with E-state index in [4.69, 9.17) is 9.47 Å².